The zero-order valence-corrected chi connectivity index (χ0v) is 15.9. The molecule has 2 aromatic carbocycles. The molecule has 0 saturated heterocycles. The summed E-state index contributed by atoms with van der Waals surface area (Å²) in [5.74, 6) is 1.39. The second-order valence-electron chi connectivity index (χ2n) is 6.69. The molecule has 3 rings (SSSR count). The summed E-state index contributed by atoms with van der Waals surface area (Å²) in [7, 11) is -3.40. The van der Waals surface area contributed by atoms with E-state index < -0.39 is 7.60 Å². The van der Waals surface area contributed by atoms with Gasteiger partial charge in [0.25, 0.3) is 0 Å². The number of benzene rings is 2. The lowest BCUT2D eigenvalue weighted by Crippen LogP contribution is -2.09. The molecule has 0 aromatic heterocycles. The Morgan fingerprint density at radius 3 is 1.76 bits per heavy atom. The number of rotatable bonds is 6. The fourth-order valence-electron chi connectivity index (χ4n) is 3.10. The zero-order valence-electron chi connectivity index (χ0n) is 15.0. The number of hydrogen-bond donors (Lipinski definition) is 0. The van der Waals surface area contributed by atoms with E-state index in [1.165, 1.54) is 17.1 Å². The molecule has 0 aliphatic heterocycles. The van der Waals surface area contributed by atoms with E-state index in [0.717, 1.165) is 11.1 Å². The third kappa shape index (κ3) is 3.92. The van der Waals surface area contributed by atoms with Gasteiger partial charge in [-0.1, -0.05) is 48.5 Å². The van der Waals surface area contributed by atoms with E-state index >= 15 is 0 Å². The fourth-order valence-corrected chi connectivity index (χ4v) is 4.74. The molecule has 0 atom stereocenters. The first-order chi connectivity index (χ1) is 11.9. The molecule has 0 unspecified atom stereocenters. The predicted octanol–water partition coefficient (Wildman–Crippen LogP) is 5.83. The number of fused-ring (bicyclic) bond motifs is 3. The minimum absolute atomic E-state index is 0.188. The lowest BCUT2D eigenvalue weighted by molar-refractivity contribution is 0.153. The van der Waals surface area contributed by atoms with Gasteiger partial charge >= 0.3 is 7.60 Å². The second-order valence-corrected chi connectivity index (χ2v) is 8.42. The highest BCUT2D eigenvalue weighted by molar-refractivity contribution is 7.69. The lowest BCUT2D eigenvalue weighted by atomic mass is 10.1. The van der Waals surface area contributed by atoms with Crippen molar-refractivity contribution in [2.75, 3.05) is 0 Å². The molecule has 25 heavy (non-hydrogen) atoms. The molecule has 1 aliphatic rings. The number of aliphatic imine (C=N–C) groups is 1. The molecule has 0 fully saturated rings. The summed E-state index contributed by atoms with van der Waals surface area (Å²) in [5.41, 5.74) is 4.57. The van der Waals surface area contributed by atoms with Crippen LogP contribution in [0.15, 0.2) is 53.5 Å². The van der Waals surface area contributed by atoms with Gasteiger partial charge in [-0.15, -0.1) is 0 Å². The van der Waals surface area contributed by atoms with Gasteiger partial charge in [0.2, 0.25) is 0 Å². The van der Waals surface area contributed by atoms with Gasteiger partial charge < -0.3 is 9.05 Å². The van der Waals surface area contributed by atoms with Gasteiger partial charge in [-0.25, -0.2) is 0 Å². The van der Waals surface area contributed by atoms with Crippen LogP contribution in [0.3, 0.4) is 0 Å². The molecule has 1 aliphatic carbocycles. The van der Waals surface area contributed by atoms with E-state index in [1.54, 1.807) is 0 Å². The van der Waals surface area contributed by atoms with Crippen molar-refractivity contribution in [1.29, 1.82) is 0 Å². The molecular weight excluding hydrogens is 333 g/mol. The molecule has 0 spiro atoms. The van der Waals surface area contributed by atoms with Gasteiger partial charge in [-0.3, -0.25) is 9.56 Å². The van der Waals surface area contributed by atoms with E-state index in [0.29, 0.717) is 0 Å². The van der Waals surface area contributed by atoms with Crippen molar-refractivity contribution < 1.29 is 13.6 Å². The fraction of sp³-hybridized carbons (Fsp3) is 0.350. The van der Waals surface area contributed by atoms with Crippen molar-refractivity contribution in [3.05, 3.63) is 59.7 Å². The summed E-state index contributed by atoms with van der Waals surface area (Å²) in [6.45, 7) is 7.35. The Morgan fingerprint density at radius 1 is 0.880 bits per heavy atom. The van der Waals surface area contributed by atoms with Crippen LogP contribution < -0.4 is 0 Å². The topological polar surface area (TPSA) is 47.9 Å². The first-order valence-electron chi connectivity index (χ1n) is 8.59. The van der Waals surface area contributed by atoms with E-state index in [1.807, 2.05) is 52.0 Å². The van der Waals surface area contributed by atoms with E-state index in [2.05, 4.69) is 29.3 Å². The molecule has 0 saturated carbocycles. The smallest absolute Gasteiger partial charge is 0.302 e. The van der Waals surface area contributed by atoms with Crippen molar-refractivity contribution in [3.63, 3.8) is 0 Å². The average Bonchev–Trinajstić information content (AvgIpc) is 2.85. The van der Waals surface area contributed by atoms with Gasteiger partial charge in [-0.2, -0.15) is 0 Å². The summed E-state index contributed by atoms with van der Waals surface area (Å²) in [6, 6.07) is 16.2. The van der Waals surface area contributed by atoms with Crippen LogP contribution in [-0.4, -0.2) is 18.2 Å². The van der Waals surface area contributed by atoms with Crippen molar-refractivity contribution in [3.8, 4) is 11.1 Å². The lowest BCUT2D eigenvalue weighted by Gasteiger charge is -2.20. The molecule has 132 valence electrons. The molecule has 2 aromatic rings. The normalized spacial score (nSPS) is 14.5. The number of hydrogen-bond acceptors (Lipinski definition) is 4. The molecule has 0 amide bonds. The largest absolute Gasteiger partial charge is 0.372 e. The van der Waals surface area contributed by atoms with Crippen LogP contribution in [0.25, 0.3) is 11.1 Å². The highest BCUT2D eigenvalue weighted by Gasteiger charge is 2.30. The molecule has 4 nitrogen and oxygen atoms in total. The Morgan fingerprint density at radius 2 is 1.32 bits per heavy atom. The monoisotopic (exact) mass is 357 g/mol. The Kier molecular flexibility index (Phi) is 5.24. The van der Waals surface area contributed by atoms with E-state index in [4.69, 9.17) is 9.05 Å². The van der Waals surface area contributed by atoms with Crippen LogP contribution >= 0.6 is 7.60 Å². The minimum atomic E-state index is -3.40. The van der Waals surface area contributed by atoms with Crippen LogP contribution in [0.4, 0.5) is 0 Å². The molecule has 0 radical (unpaired) electrons. The van der Waals surface area contributed by atoms with Crippen LogP contribution in [-0.2, 0) is 13.6 Å². The maximum absolute atomic E-state index is 13.0. The predicted molar refractivity (Wildman–Crippen MR) is 102 cm³/mol. The Balaban J connectivity index is 1.98. The van der Waals surface area contributed by atoms with Crippen LogP contribution in [0.5, 0.6) is 0 Å². The van der Waals surface area contributed by atoms with Gasteiger partial charge in [0.15, 0.2) is 0 Å². The summed E-state index contributed by atoms with van der Waals surface area (Å²) < 4.78 is 24.2. The molecule has 5 heteroatoms. The van der Waals surface area contributed by atoms with Crippen molar-refractivity contribution in [1.82, 2.24) is 0 Å². The highest BCUT2D eigenvalue weighted by atomic mass is 31.2. The molecule has 0 heterocycles. The number of nitrogens with zero attached hydrogens (tertiary/aromatic N) is 1. The van der Waals surface area contributed by atoms with Gasteiger partial charge in [0.05, 0.1) is 12.2 Å². The second kappa shape index (κ2) is 7.25. The summed E-state index contributed by atoms with van der Waals surface area (Å²) in [4.78, 5) is 4.65. The Bertz CT molecular complexity index is 770. The van der Waals surface area contributed by atoms with Gasteiger partial charge in [0, 0.05) is 0 Å². The zero-order chi connectivity index (χ0) is 18.0. The van der Waals surface area contributed by atoms with Crippen LogP contribution in [0.1, 0.15) is 44.9 Å². The SMILES string of the molecule is CC(C)OP(=O)(C=NC1c2ccccc2-c2ccccc21)OC(C)C. The van der Waals surface area contributed by atoms with Gasteiger partial charge in [0.1, 0.15) is 12.0 Å². The highest BCUT2D eigenvalue weighted by Crippen LogP contribution is 2.50. The Hall–Kier alpha value is -1.74. The molecular formula is C20H24NO3P. The summed E-state index contributed by atoms with van der Waals surface area (Å²) >= 11 is 0. The van der Waals surface area contributed by atoms with Crippen LogP contribution in [0.2, 0.25) is 0 Å². The third-order valence-corrected chi connectivity index (χ3v) is 5.72. The quantitative estimate of drug-likeness (QED) is 0.483. The van der Waals surface area contributed by atoms with Crippen molar-refractivity contribution in [2.24, 2.45) is 4.99 Å². The molecule has 0 N–H and O–H groups in total. The maximum atomic E-state index is 13.0. The minimum Gasteiger partial charge on any atom is -0.302 e. The first-order valence-corrected chi connectivity index (χ1v) is 10.2. The first kappa shape index (κ1) is 18.1. The van der Waals surface area contributed by atoms with Crippen molar-refractivity contribution >= 4 is 13.6 Å². The summed E-state index contributed by atoms with van der Waals surface area (Å²) in [5, 5.41) is 0. The average molecular weight is 357 g/mol. The van der Waals surface area contributed by atoms with Crippen LogP contribution in [0, 0.1) is 0 Å². The van der Waals surface area contributed by atoms with Gasteiger partial charge in [-0.05, 0) is 49.9 Å². The van der Waals surface area contributed by atoms with Crippen molar-refractivity contribution in [2.45, 2.75) is 45.9 Å². The third-order valence-electron chi connectivity index (χ3n) is 3.87. The standard InChI is InChI=1S/C20H24NO3P/c1-14(2)23-25(22,24-15(3)4)13-21-20-18-11-7-5-9-16(18)17-10-6-8-12-19(17)20/h5-15,20H,1-4H3. The van der Waals surface area contributed by atoms with E-state index in [9.17, 15) is 4.57 Å². The van der Waals surface area contributed by atoms with E-state index in [-0.39, 0.29) is 18.2 Å². The Labute approximate surface area is 149 Å². The summed E-state index contributed by atoms with van der Waals surface area (Å²) in [6.07, 6.45) is -0.418. The molecule has 0 bridgehead atoms. The maximum Gasteiger partial charge on any atom is 0.372 e.